The van der Waals surface area contributed by atoms with Crippen molar-refractivity contribution in [3.05, 3.63) is 59.8 Å². The van der Waals surface area contributed by atoms with Gasteiger partial charge in [0.05, 0.1) is 12.1 Å². The summed E-state index contributed by atoms with van der Waals surface area (Å²) in [6, 6.07) is 8.82. The molecule has 2 rings (SSSR count). The van der Waals surface area contributed by atoms with Gasteiger partial charge < -0.3 is 20.7 Å². The lowest BCUT2D eigenvalue weighted by Crippen LogP contribution is -2.36. The third-order valence-corrected chi connectivity index (χ3v) is 3.55. The third-order valence-electron chi connectivity index (χ3n) is 3.55. The van der Waals surface area contributed by atoms with Crippen molar-refractivity contribution in [2.24, 2.45) is 5.73 Å². The number of likely N-dealkylation sites (N-methyl/N-ethyl adjacent to an activating group) is 1. The predicted octanol–water partition coefficient (Wildman–Crippen LogP) is 0.601. The first kappa shape index (κ1) is 17.7. The van der Waals surface area contributed by atoms with E-state index in [1.165, 1.54) is 0 Å². The molecule has 6 nitrogen and oxygen atoms in total. The van der Waals surface area contributed by atoms with Crippen molar-refractivity contribution < 1.29 is 14.3 Å². The first-order valence-corrected chi connectivity index (χ1v) is 7.89. The average molecular weight is 329 g/mol. The van der Waals surface area contributed by atoms with Crippen LogP contribution in [0.2, 0.25) is 0 Å². The van der Waals surface area contributed by atoms with E-state index in [0.29, 0.717) is 12.0 Å². The van der Waals surface area contributed by atoms with Gasteiger partial charge in [-0.25, -0.2) is 0 Å². The molecule has 128 valence electrons. The van der Waals surface area contributed by atoms with Gasteiger partial charge >= 0.3 is 5.97 Å². The van der Waals surface area contributed by atoms with E-state index in [9.17, 15) is 9.59 Å². The maximum absolute atomic E-state index is 11.9. The summed E-state index contributed by atoms with van der Waals surface area (Å²) in [5.41, 5.74) is 7.40. The zero-order chi connectivity index (χ0) is 17.4. The Balaban J connectivity index is 1.67. The number of nitrogens with one attached hydrogen (secondary N) is 1. The molecule has 0 saturated carbocycles. The highest BCUT2D eigenvalue weighted by atomic mass is 16.5. The molecule has 0 fully saturated rings. The maximum atomic E-state index is 11.9. The fourth-order valence-corrected chi connectivity index (χ4v) is 2.29. The molecule has 1 atom stereocenters. The number of hydrogen-bond acceptors (Lipinski definition) is 5. The van der Waals surface area contributed by atoms with Crippen molar-refractivity contribution in [1.29, 1.82) is 0 Å². The van der Waals surface area contributed by atoms with E-state index in [4.69, 9.17) is 10.5 Å². The minimum Gasteiger partial charge on any atom is -0.463 e. The van der Waals surface area contributed by atoms with Crippen molar-refractivity contribution in [3.63, 3.8) is 0 Å². The van der Waals surface area contributed by atoms with Gasteiger partial charge in [-0.15, -0.1) is 0 Å². The topological polar surface area (TPSA) is 84.7 Å². The number of rotatable bonds is 7. The standard InChI is InChI=1S/C18H23N3O3/c1-21-10-5-8-15(13-21)17(22)20-9-11-24-18(23)16(19)12-14-6-3-2-4-7-14/h2-8,13,16H,9-12,19H2,1H3,(H,20,22)/t16-/m0/s1. The molecule has 0 aromatic heterocycles. The molecule has 1 aliphatic rings. The van der Waals surface area contributed by atoms with Gasteiger partial charge in [0.15, 0.2) is 0 Å². The van der Waals surface area contributed by atoms with Crippen molar-refractivity contribution in [2.75, 3.05) is 26.7 Å². The average Bonchev–Trinajstić information content (AvgIpc) is 2.59. The van der Waals surface area contributed by atoms with Crippen LogP contribution in [-0.2, 0) is 20.7 Å². The number of esters is 1. The van der Waals surface area contributed by atoms with E-state index < -0.39 is 12.0 Å². The highest BCUT2D eigenvalue weighted by Crippen LogP contribution is 2.05. The summed E-state index contributed by atoms with van der Waals surface area (Å²) in [6.07, 6.45) is 5.89. The summed E-state index contributed by atoms with van der Waals surface area (Å²) in [7, 11) is 1.90. The Morgan fingerprint density at radius 2 is 2.08 bits per heavy atom. The van der Waals surface area contributed by atoms with Gasteiger partial charge in [0, 0.05) is 19.8 Å². The Hall–Kier alpha value is -2.60. The zero-order valence-corrected chi connectivity index (χ0v) is 13.8. The molecule has 24 heavy (non-hydrogen) atoms. The van der Waals surface area contributed by atoms with Crippen LogP contribution < -0.4 is 11.1 Å². The molecular weight excluding hydrogens is 306 g/mol. The van der Waals surface area contributed by atoms with Crippen LogP contribution in [-0.4, -0.2) is 49.6 Å². The Labute approximate surface area is 142 Å². The van der Waals surface area contributed by atoms with Gasteiger partial charge in [0.2, 0.25) is 0 Å². The monoisotopic (exact) mass is 329 g/mol. The number of amides is 1. The van der Waals surface area contributed by atoms with Crippen LogP contribution in [0.3, 0.4) is 0 Å². The van der Waals surface area contributed by atoms with Crippen LogP contribution in [0.5, 0.6) is 0 Å². The number of hydrogen-bond donors (Lipinski definition) is 2. The first-order chi connectivity index (χ1) is 11.6. The van der Waals surface area contributed by atoms with Crippen LogP contribution in [0.25, 0.3) is 0 Å². The van der Waals surface area contributed by atoms with Crippen molar-refractivity contribution in [3.8, 4) is 0 Å². The predicted molar refractivity (Wildman–Crippen MR) is 91.9 cm³/mol. The highest BCUT2D eigenvalue weighted by Gasteiger charge is 2.16. The number of benzene rings is 1. The molecule has 0 aliphatic carbocycles. The second kappa shape index (κ2) is 8.88. The fourth-order valence-electron chi connectivity index (χ4n) is 2.29. The van der Waals surface area contributed by atoms with Gasteiger partial charge in [0.25, 0.3) is 5.91 Å². The summed E-state index contributed by atoms with van der Waals surface area (Å²) in [5, 5.41) is 2.71. The summed E-state index contributed by atoms with van der Waals surface area (Å²) in [6.45, 7) is 1.13. The molecule has 3 N–H and O–H groups in total. The van der Waals surface area contributed by atoms with E-state index >= 15 is 0 Å². The van der Waals surface area contributed by atoms with Crippen molar-refractivity contribution in [2.45, 2.75) is 12.5 Å². The second-order valence-corrected chi connectivity index (χ2v) is 5.65. The molecule has 0 spiro atoms. The third kappa shape index (κ3) is 5.55. The van der Waals surface area contributed by atoms with Crippen molar-refractivity contribution >= 4 is 11.9 Å². The number of nitrogens with two attached hydrogens (primary N) is 1. The summed E-state index contributed by atoms with van der Waals surface area (Å²) in [5.74, 6) is -0.660. The van der Waals surface area contributed by atoms with Gasteiger partial charge in [-0.3, -0.25) is 9.59 Å². The van der Waals surface area contributed by atoms with E-state index in [0.717, 1.165) is 12.1 Å². The molecule has 1 amide bonds. The lowest BCUT2D eigenvalue weighted by atomic mass is 10.1. The molecule has 1 aromatic carbocycles. The maximum Gasteiger partial charge on any atom is 0.323 e. The van der Waals surface area contributed by atoms with Crippen LogP contribution in [0.4, 0.5) is 0 Å². The van der Waals surface area contributed by atoms with Crippen LogP contribution in [0.1, 0.15) is 5.56 Å². The zero-order valence-electron chi connectivity index (χ0n) is 13.8. The molecule has 1 aliphatic heterocycles. The first-order valence-electron chi connectivity index (χ1n) is 7.89. The number of nitrogens with zero attached hydrogens (tertiary/aromatic N) is 1. The normalized spacial score (nSPS) is 14.8. The Morgan fingerprint density at radius 3 is 2.79 bits per heavy atom. The molecule has 0 saturated heterocycles. The van der Waals surface area contributed by atoms with Gasteiger partial charge in [-0.05, 0) is 12.0 Å². The minimum absolute atomic E-state index is 0.0971. The molecular formula is C18H23N3O3. The molecule has 0 bridgehead atoms. The van der Waals surface area contributed by atoms with Crippen LogP contribution in [0, 0.1) is 0 Å². The lowest BCUT2D eigenvalue weighted by Gasteiger charge is -2.17. The minimum atomic E-state index is -0.708. The Bertz CT molecular complexity index is 626. The SMILES string of the molecule is CN1C=C(C(=O)NCCOC(=O)[C@@H](N)Cc2ccccc2)C=CC1. The van der Waals surface area contributed by atoms with Gasteiger partial charge in [-0.2, -0.15) is 0 Å². The number of ether oxygens (including phenoxy) is 1. The Morgan fingerprint density at radius 1 is 1.33 bits per heavy atom. The van der Waals surface area contributed by atoms with E-state index in [1.54, 1.807) is 12.3 Å². The summed E-state index contributed by atoms with van der Waals surface area (Å²) >= 11 is 0. The molecule has 6 heteroatoms. The quantitative estimate of drug-likeness (QED) is 0.565. The van der Waals surface area contributed by atoms with Crippen LogP contribution >= 0.6 is 0 Å². The number of carbonyl (C=O) groups is 2. The van der Waals surface area contributed by atoms with Gasteiger partial charge in [0.1, 0.15) is 12.6 Å². The van der Waals surface area contributed by atoms with E-state index in [2.05, 4.69) is 5.32 Å². The van der Waals surface area contributed by atoms with E-state index in [1.807, 2.05) is 48.4 Å². The fraction of sp³-hybridized carbons (Fsp3) is 0.333. The lowest BCUT2D eigenvalue weighted by molar-refractivity contribution is -0.145. The van der Waals surface area contributed by atoms with E-state index in [-0.39, 0.29) is 19.1 Å². The highest BCUT2D eigenvalue weighted by molar-refractivity contribution is 5.96. The second-order valence-electron chi connectivity index (χ2n) is 5.65. The Kier molecular flexibility index (Phi) is 6.57. The molecule has 1 aromatic rings. The van der Waals surface area contributed by atoms with Crippen molar-refractivity contribution in [1.82, 2.24) is 10.2 Å². The largest absolute Gasteiger partial charge is 0.463 e. The molecule has 0 radical (unpaired) electrons. The number of carbonyl (C=O) groups excluding carboxylic acids is 2. The van der Waals surface area contributed by atoms with Crippen LogP contribution in [0.15, 0.2) is 54.3 Å². The molecule has 1 heterocycles. The van der Waals surface area contributed by atoms with Gasteiger partial charge in [-0.1, -0.05) is 42.5 Å². The smallest absolute Gasteiger partial charge is 0.323 e. The molecule has 0 unspecified atom stereocenters. The summed E-state index contributed by atoms with van der Waals surface area (Å²) in [4.78, 5) is 25.7. The summed E-state index contributed by atoms with van der Waals surface area (Å²) < 4.78 is 5.11.